The second kappa shape index (κ2) is 7.98. The lowest BCUT2D eigenvalue weighted by molar-refractivity contribution is -0.129. The van der Waals surface area contributed by atoms with E-state index in [1.165, 1.54) is 0 Å². The van der Waals surface area contributed by atoms with E-state index in [1.807, 2.05) is 48.5 Å². The summed E-state index contributed by atoms with van der Waals surface area (Å²) in [5.41, 5.74) is 1.70. The molecule has 4 heteroatoms. The van der Waals surface area contributed by atoms with E-state index >= 15 is 0 Å². The fraction of sp³-hybridized carbons (Fsp3) is 0.222. The summed E-state index contributed by atoms with van der Waals surface area (Å²) in [4.78, 5) is 25.4. The third-order valence-electron chi connectivity index (χ3n) is 3.36. The van der Waals surface area contributed by atoms with E-state index in [0.29, 0.717) is 25.2 Å². The number of carbonyl (C=O) groups excluding carboxylic acids is 2. The van der Waals surface area contributed by atoms with Crippen molar-refractivity contribution in [2.75, 3.05) is 13.1 Å². The zero-order chi connectivity index (χ0) is 15.8. The predicted molar refractivity (Wildman–Crippen MR) is 86.3 cm³/mol. The molecular formula is C18H20N2O2. The zero-order valence-corrected chi connectivity index (χ0v) is 12.7. The van der Waals surface area contributed by atoms with Gasteiger partial charge in [0.05, 0.1) is 0 Å². The van der Waals surface area contributed by atoms with Gasteiger partial charge in [-0.15, -0.1) is 0 Å². The lowest BCUT2D eigenvalue weighted by atomic mass is 10.2. The fourth-order valence-corrected chi connectivity index (χ4v) is 2.15. The summed E-state index contributed by atoms with van der Waals surface area (Å²) in [6, 6.07) is 18.9. The number of carbonyl (C=O) groups is 2. The van der Waals surface area contributed by atoms with E-state index in [1.54, 1.807) is 24.0 Å². The molecule has 22 heavy (non-hydrogen) atoms. The number of rotatable bonds is 6. The number of hydrogen-bond acceptors (Lipinski definition) is 2. The first-order chi connectivity index (χ1) is 10.7. The van der Waals surface area contributed by atoms with Crippen LogP contribution in [0, 0.1) is 0 Å². The molecule has 0 aromatic heterocycles. The van der Waals surface area contributed by atoms with Crippen LogP contribution in [0.4, 0.5) is 0 Å². The van der Waals surface area contributed by atoms with Crippen LogP contribution in [0.1, 0.15) is 22.8 Å². The van der Waals surface area contributed by atoms with Gasteiger partial charge in [0.15, 0.2) is 0 Å². The number of nitrogens with zero attached hydrogens (tertiary/aromatic N) is 1. The molecule has 0 aliphatic rings. The SMILES string of the molecule is CC(=O)N(CCNC(=O)c1ccccc1)Cc1ccccc1. The van der Waals surface area contributed by atoms with Gasteiger partial charge in [0.25, 0.3) is 5.91 Å². The van der Waals surface area contributed by atoms with Gasteiger partial charge in [0.2, 0.25) is 5.91 Å². The minimum atomic E-state index is -0.121. The van der Waals surface area contributed by atoms with Gasteiger partial charge in [-0.3, -0.25) is 9.59 Å². The van der Waals surface area contributed by atoms with Crippen LogP contribution >= 0.6 is 0 Å². The standard InChI is InChI=1S/C18H20N2O2/c1-15(21)20(14-16-8-4-2-5-9-16)13-12-19-18(22)17-10-6-3-7-11-17/h2-11H,12-14H2,1H3,(H,19,22). The van der Waals surface area contributed by atoms with Crippen LogP contribution in [-0.4, -0.2) is 29.8 Å². The van der Waals surface area contributed by atoms with Gasteiger partial charge in [-0.05, 0) is 17.7 Å². The van der Waals surface area contributed by atoms with Crippen LogP contribution in [0.5, 0.6) is 0 Å². The molecule has 4 nitrogen and oxygen atoms in total. The zero-order valence-electron chi connectivity index (χ0n) is 12.7. The van der Waals surface area contributed by atoms with E-state index in [4.69, 9.17) is 0 Å². The van der Waals surface area contributed by atoms with Crippen molar-refractivity contribution in [3.63, 3.8) is 0 Å². The fourth-order valence-electron chi connectivity index (χ4n) is 2.15. The molecule has 114 valence electrons. The summed E-state index contributed by atoms with van der Waals surface area (Å²) < 4.78 is 0. The van der Waals surface area contributed by atoms with Gasteiger partial charge >= 0.3 is 0 Å². The Morgan fingerprint density at radius 1 is 0.955 bits per heavy atom. The minimum Gasteiger partial charge on any atom is -0.350 e. The Balaban J connectivity index is 1.85. The molecule has 0 unspecified atom stereocenters. The Kier molecular flexibility index (Phi) is 5.72. The molecule has 2 rings (SSSR count). The molecule has 0 atom stereocenters. The average Bonchev–Trinajstić information content (AvgIpc) is 2.55. The highest BCUT2D eigenvalue weighted by Crippen LogP contribution is 2.04. The molecule has 0 aliphatic carbocycles. The molecule has 2 aromatic rings. The molecule has 0 fully saturated rings. The average molecular weight is 296 g/mol. The van der Waals surface area contributed by atoms with Crippen molar-refractivity contribution in [1.29, 1.82) is 0 Å². The van der Waals surface area contributed by atoms with Crippen LogP contribution in [0.3, 0.4) is 0 Å². The van der Waals surface area contributed by atoms with Gasteiger partial charge < -0.3 is 10.2 Å². The van der Waals surface area contributed by atoms with Gasteiger partial charge in [-0.25, -0.2) is 0 Å². The lowest BCUT2D eigenvalue weighted by Crippen LogP contribution is -2.37. The lowest BCUT2D eigenvalue weighted by Gasteiger charge is -2.21. The minimum absolute atomic E-state index is 0.00202. The van der Waals surface area contributed by atoms with Crippen LogP contribution in [0.25, 0.3) is 0 Å². The molecule has 0 saturated heterocycles. The molecular weight excluding hydrogens is 276 g/mol. The Hall–Kier alpha value is -2.62. The van der Waals surface area contributed by atoms with Crippen LogP contribution < -0.4 is 5.32 Å². The number of hydrogen-bond donors (Lipinski definition) is 1. The predicted octanol–water partition coefficient (Wildman–Crippen LogP) is 2.47. The normalized spacial score (nSPS) is 10.0. The maximum atomic E-state index is 11.9. The highest BCUT2D eigenvalue weighted by molar-refractivity contribution is 5.94. The van der Waals surface area contributed by atoms with Crippen molar-refractivity contribution in [3.8, 4) is 0 Å². The highest BCUT2D eigenvalue weighted by atomic mass is 16.2. The van der Waals surface area contributed by atoms with Crippen LogP contribution in [-0.2, 0) is 11.3 Å². The number of benzene rings is 2. The molecule has 2 amide bonds. The third kappa shape index (κ3) is 4.74. The largest absolute Gasteiger partial charge is 0.350 e. The first-order valence-electron chi connectivity index (χ1n) is 7.29. The summed E-state index contributed by atoms with van der Waals surface area (Å²) in [5.74, 6) is -0.123. The number of amides is 2. The van der Waals surface area contributed by atoms with Gasteiger partial charge in [0.1, 0.15) is 0 Å². The Labute approximate surface area is 130 Å². The third-order valence-corrected chi connectivity index (χ3v) is 3.36. The maximum Gasteiger partial charge on any atom is 0.251 e. The van der Waals surface area contributed by atoms with Gasteiger partial charge in [-0.2, -0.15) is 0 Å². The summed E-state index contributed by atoms with van der Waals surface area (Å²) in [6.45, 7) is 3.02. The maximum absolute atomic E-state index is 11.9. The van der Waals surface area contributed by atoms with Crippen molar-refractivity contribution in [1.82, 2.24) is 10.2 Å². The Morgan fingerprint density at radius 3 is 2.14 bits per heavy atom. The second-order valence-electron chi connectivity index (χ2n) is 5.05. The summed E-state index contributed by atoms with van der Waals surface area (Å²) >= 11 is 0. The van der Waals surface area contributed by atoms with Crippen molar-refractivity contribution in [3.05, 3.63) is 71.8 Å². The van der Waals surface area contributed by atoms with E-state index in [9.17, 15) is 9.59 Å². The number of nitrogens with one attached hydrogen (secondary N) is 1. The van der Waals surface area contributed by atoms with Crippen LogP contribution in [0.2, 0.25) is 0 Å². The van der Waals surface area contributed by atoms with Crippen molar-refractivity contribution in [2.24, 2.45) is 0 Å². The second-order valence-corrected chi connectivity index (χ2v) is 5.05. The van der Waals surface area contributed by atoms with Crippen molar-refractivity contribution >= 4 is 11.8 Å². The van der Waals surface area contributed by atoms with E-state index < -0.39 is 0 Å². The molecule has 0 bridgehead atoms. The Bertz CT molecular complexity index is 611. The van der Waals surface area contributed by atoms with E-state index in [0.717, 1.165) is 5.56 Å². The van der Waals surface area contributed by atoms with Crippen molar-refractivity contribution < 1.29 is 9.59 Å². The highest BCUT2D eigenvalue weighted by Gasteiger charge is 2.10. The molecule has 0 aliphatic heterocycles. The van der Waals surface area contributed by atoms with E-state index in [2.05, 4.69) is 5.32 Å². The summed E-state index contributed by atoms with van der Waals surface area (Å²) in [6.07, 6.45) is 0. The first-order valence-corrected chi connectivity index (χ1v) is 7.29. The first kappa shape index (κ1) is 15.8. The Morgan fingerprint density at radius 2 is 1.55 bits per heavy atom. The van der Waals surface area contributed by atoms with E-state index in [-0.39, 0.29) is 11.8 Å². The molecule has 1 N–H and O–H groups in total. The molecule has 0 spiro atoms. The molecule has 0 saturated carbocycles. The van der Waals surface area contributed by atoms with Crippen molar-refractivity contribution in [2.45, 2.75) is 13.5 Å². The quantitative estimate of drug-likeness (QED) is 0.890. The molecule has 0 radical (unpaired) electrons. The monoisotopic (exact) mass is 296 g/mol. The smallest absolute Gasteiger partial charge is 0.251 e. The molecule has 2 aromatic carbocycles. The summed E-state index contributed by atoms with van der Waals surface area (Å²) in [5, 5.41) is 2.84. The topological polar surface area (TPSA) is 49.4 Å². The summed E-state index contributed by atoms with van der Waals surface area (Å²) in [7, 11) is 0. The van der Waals surface area contributed by atoms with Gasteiger partial charge in [0, 0.05) is 32.1 Å². The van der Waals surface area contributed by atoms with Gasteiger partial charge in [-0.1, -0.05) is 48.5 Å². The van der Waals surface area contributed by atoms with Crippen LogP contribution in [0.15, 0.2) is 60.7 Å². The molecule has 0 heterocycles.